The predicted molar refractivity (Wildman–Crippen MR) is 106 cm³/mol. The smallest absolute Gasteiger partial charge is 0.187 e. The summed E-state index contributed by atoms with van der Waals surface area (Å²) in [5.41, 5.74) is 0.725. The van der Waals surface area contributed by atoms with Crippen LogP contribution in [0.15, 0.2) is 69.6 Å². The summed E-state index contributed by atoms with van der Waals surface area (Å²) in [6.45, 7) is 0. The Kier molecular flexibility index (Phi) is 4.70. The van der Waals surface area contributed by atoms with Crippen molar-refractivity contribution in [3.8, 4) is 23.0 Å². The molecule has 0 aliphatic heterocycles. The van der Waals surface area contributed by atoms with Crippen molar-refractivity contribution in [2.45, 2.75) is 0 Å². The van der Waals surface area contributed by atoms with Gasteiger partial charge in [0.05, 0.1) is 13.6 Å². The number of rotatable bonds is 4. The van der Waals surface area contributed by atoms with Gasteiger partial charge < -0.3 is 9.47 Å². The molecule has 7 heteroatoms. The molecule has 0 spiro atoms. The van der Waals surface area contributed by atoms with Gasteiger partial charge in [0.1, 0.15) is 17.0 Å². The van der Waals surface area contributed by atoms with E-state index >= 15 is 0 Å². The van der Waals surface area contributed by atoms with Crippen LogP contribution in [-0.2, 0) is 0 Å². The maximum absolute atomic E-state index is 6.12. The van der Waals surface area contributed by atoms with Crippen molar-refractivity contribution < 1.29 is 9.47 Å². The molecule has 1 aromatic heterocycles. The molecule has 0 saturated heterocycles. The second kappa shape index (κ2) is 7.11. The molecule has 0 radical (unpaired) electrons. The van der Waals surface area contributed by atoms with Crippen LogP contribution in [0.5, 0.6) is 23.0 Å². The lowest BCUT2D eigenvalue weighted by Crippen LogP contribution is -1.94. The van der Waals surface area contributed by atoms with E-state index in [-0.39, 0.29) is 0 Å². The Morgan fingerprint density at radius 3 is 1.80 bits per heavy atom. The Balaban J connectivity index is 1.88. The molecule has 0 fully saturated rings. The Morgan fingerprint density at radius 2 is 1.24 bits per heavy atom. The average Bonchev–Trinajstić information content (AvgIpc) is 3.14. The molecular weight excluding hydrogens is 468 g/mol. The molecule has 0 bridgehead atoms. The lowest BCUT2D eigenvalue weighted by Gasteiger charge is -2.16. The Bertz CT molecular complexity index is 942. The number of para-hydroxylation sites is 2. The van der Waals surface area contributed by atoms with Crippen LogP contribution in [0, 0.1) is 0 Å². The van der Waals surface area contributed by atoms with Gasteiger partial charge in [0.25, 0.3) is 0 Å². The molecule has 25 heavy (non-hydrogen) atoms. The number of aromatic nitrogens is 2. The zero-order chi connectivity index (χ0) is 17.2. The minimum atomic E-state index is 0.544. The van der Waals surface area contributed by atoms with E-state index in [1.165, 1.54) is 11.5 Å². The van der Waals surface area contributed by atoms with Crippen LogP contribution in [0.25, 0.3) is 10.2 Å². The first-order chi connectivity index (χ1) is 12.2. The van der Waals surface area contributed by atoms with E-state index in [0.29, 0.717) is 27.5 Å². The molecule has 4 aromatic rings. The van der Waals surface area contributed by atoms with Crippen LogP contribution in [0.2, 0.25) is 0 Å². The summed E-state index contributed by atoms with van der Waals surface area (Å²) in [5.74, 6) is 2.53. The highest BCUT2D eigenvalue weighted by Gasteiger charge is 2.23. The maximum atomic E-state index is 6.12. The summed E-state index contributed by atoms with van der Waals surface area (Å²) in [5, 5.41) is 4.19. The topological polar surface area (TPSA) is 44.2 Å². The highest BCUT2D eigenvalue weighted by Crippen LogP contribution is 2.50. The summed E-state index contributed by atoms with van der Waals surface area (Å²) in [6.07, 6.45) is 0. The third-order valence-electron chi connectivity index (χ3n) is 3.43. The predicted octanol–water partition coefficient (Wildman–Crippen LogP) is 6.80. The molecule has 124 valence electrons. The Morgan fingerprint density at radius 1 is 0.720 bits per heavy atom. The van der Waals surface area contributed by atoms with Crippen LogP contribution < -0.4 is 9.47 Å². The van der Waals surface area contributed by atoms with Gasteiger partial charge in [0.2, 0.25) is 0 Å². The summed E-state index contributed by atoms with van der Waals surface area (Å²) in [7, 11) is 0. The van der Waals surface area contributed by atoms with Crippen LogP contribution in [0.4, 0.5) is 0 Å². The minimum absolute atomic E-state index is 0.544. The molecule has 0 amide bonds. The molecule has 3 aromatic carbocycles. The van der Waals surface area contributed by atoms with E-state index < -0.39 is 0 Å². The first-order valence-electron chi connectivity index (χ1n) is 7.33. The fourth-order valence-electron chi connectivity index (χ4n) is 2.28. The van der Waals surface area contributed by atoms with Crippen LogP contribution in [0.3, 0.4) is 0 Å². The second-order valence-electron chi connectivity index (χ2n) is 5.07. The molecule has 0 aliphatic rings. The number of fused-ring (bicyclic) bond motifs is 1. The van der Waals surface area contributed by atoms with E-state index in [4.69, 9.17) is 9.47 Å². The summed E-state index contributed by atoms with van der Waals surface area (Å²) >= 11 is 8.51. The van der Waals surface area contributed by atoms with Gasteiger partial charge in [-0.1, -0.05) is 40.9 Å². The number of nitrogens with zero attached hydrogens (tertiary/aromatic N) is 2. The van der Waals surface area contributed by atoms with Gasteiger partial charge >= 0.3 is 0 Å². The zero-order valence-electron chi connectivity index (χ0n) is 12.6. The minimum Gasteiger partial charge on any atom is -0.452 e. The Labute approximate surface area is 164 Å². The average molecular weight is 478 g/mol. The normalized spacial score (nSPS) is 10.8. The number of benzene rings is 3. The molecule has 0 atom stereocenters. The van der Waals surface area contributed by atoms with Crippen LogP contribution in [-0.4, -0.2) is 9.59 Å². The fraction of sp³-hybridized carbons (Fsp3) is 0. The van der Waals surface area contributed by atoms with Crippen molar-refractivity contribution >= 4 is 53.6 Å². The quantitative estimate of drug-likeness (QED) is 0.324. The van der Waals surface area contributed by atoms with Gasteiger partial charge in [-0.2, -0.15) is 0 Å². The third-order valence-corrected chi connectivity index (χ3v) is 5.92. The fourth-order valence-corrected chi connectivity index (χ4v) is 4.23. The van der Waals surface area contributed by atoms with Crippen LogP contribution >= 0.6 is 43.4 Å². The molecule has 4 rings (SSSR count). The molecule has 0 N–H and O–H groups in total. The van der Waals surface area contributed by atoms with Crippen molar-refractivity contribution in [1.29, 1.82) is 0 Å². The monoisotopic (exact) mass is 476 g/mol. The SMILES string of the molecule is Brc1c(Oc2ccccc2)c(Oc2ccccc2)c(Br)c2snnc12. The van der Waals surface area contributed by atoms with Crippen molar-refractivity contribution in [1.82, 2.24) is 9.59 Å². The number of halogens is 2. The summed E-state index contributed by atoms with van der Waals surface area (Å²) in [6, 6.07) is 19.1. The molecule has 0 unspecified atom stereocenters. The lowest BCUT2D eigenvalue weighted by molar-refractivity contribution is 0.416. The number of hydrogen-bond donors (Lipinski definition) is 0. The first kappa shape index (κ1) is 16.5. The van der Waals surface area contributed by atoms with Crippen LogP contribution in [0.1, 0.15) is 0 Å². The van der Waals surface area contributed by atoms with Crippen molar-refractivity contribution in [2.24, 2.45) is 0 Å². The molecule has 1 heterocycles. The van der Waals surface area contributed by atoms with Crippen molar-refractivity contribution in [3.63, 3.8) is 0 Å². The van der Waals surface area contributed by atoms with Crippen molar-refractivity contribution in [2.75, 3.05) is 0 Å². The lowest BCUT2D eigenvalue weighted by atomic mass is 10.2. The summed E-state index contributed by atoms with van der Waals surface area (Å²) in [4.78, 5) is 0. The van der Waals surface area contributed by atoms with E-state index in [0.717, 1.165) is 14.7 Å². The second-order valence-corrected chi connectivity index (χ2v) is 7.41. The van der Waals surface area contributed by atoms with E-state index in [9.17, 15) is 0 Å². The number of hydrogen-bond acceptors (Lipinski definition) is 5. The molecular formula is C18H10Br2N2O2S. The molecule has 4 nitrogen and oxygen atoms in total. The summed E-state index contributed by atoms with van der Waals surface area (Å²) < 4.78 is 18.6. The highest BCUT2D eigenvalue weighted by atomic mass is 79.9. The number of ether oxygens (including phenoxy) is 2. The van der Waals surface area contributed by atoms with Gasteiger partial charge in [-0.3, -0.25) is 0 Å². The third kappa shape index (κ3) is 3.27. The Hall–Kier alpha value is -1.96. The standard InChI is InChI=1S/C18H10Br2N2O2S/c19-13-15-18(25-22-21-15)14(20)17(24-12-9-5-2-6-10-12)16(13)23-11-7-3-1-4-8-11/h1-10H. The highest BCUT2D eigenvalue weighted by molar-refractivity contribution is 9.11. The van der Waals surface area contributed by atoms with Gasteiger partial charge in [-0.25, -0.2) is 0 Å². The van der Waals surface area contributed by atoms with Gasteiger partial charge in [0, 0.05) is 0 Å². The van der Waals surface area contributed by atoms with E-state index in [2.05, 4.69) is 41.4 Å². The van der Waals surface area contributed by atoms with E-state index in [1.807, 2.05) is 60.7 Å². The maximum Gasteiger partial charge on any atom is 0.187 e. The van der Waals surface area contributed by atoms with Gasteiger partial charge in [0.15, 0.2) is 11.5 Å². The zero-order valence-corrected chi connectivity index (χ0v) is 16.6. The molecule has 0 saturated carbocycles. The largest absolute Gasteiger partial charge is 0.452 e. The van der Waals surface area contributed by atoms with Crippen molar-refractivity contribution in [3.05, 3.63) is 69.6 Å². The molecule has 0 aliphatic carbocycles. The van der Waals surface area contributed by atoms with E-state index in [1.54, 1.807) is 0 Å². The van der Waals surface area contributed by atoms with Gasteiger partial charge in [-0.15, -0.1) is 5.10 Å². The van der Waals surface area contributed by atoms with Gasteiger partial charge in [-0.05, 0) is 67.7 Å². The first-order valence-corrected chi connectivity index (χ1v) is 9.69.